The van der Waals surface area contributed by atoms with E-state index in [0.717, 1.165) is 18.7 Å². The first-order valence-corrected chi connectivity index (χ1v) is 7.23. The van der Waals surface area contributed by atoms with Gasteiger partial charge in [-0.15, -0.1) is 5.10 Å². The Balaban J connectivity index is 1.98. The van der Waals surface area contributed by atoms with Crippen LogP contribution in [0.25, 0.3) is 0 Å². The predicted octanol–water partition coefficient (Wildman–Crippen LogP) is 3.45. The second kappa shape index (κ2) is 6.18. The van der Waals surface area contributed by atoms with E-state index in [1.54, 1.807) is 0 Å². The summed E-state index contributed by atoms with van der Waals surface area (Å²) < 4.78 is 0. The van der Waals surface area contributed by atoms with Crippen molar-refractivity contribution in [1.29, 1.82) is 0 Å². The molecule has 1 aliphatic heterocycles. The molecule has 100 valence electrons. The summed E-state index contributed by atoms with van der Waals surface area (Å²) in [5.74, 6) is 0.646. The first-order chi connectivity index (χ1) is 8.56. The van der Waals surface area contributed by atoms with Crippen molar-refractivity contribution in [3.63, 3.8) is 0 Å². The maximum Gasteiger partial charge on any atom is 0.170 e. The van der Waals surface area contributed by atoms with Crippen LogP contribution in [0.4, 0.5) is 0 Å². The zero-order chi connectivity index (χ0) is 13.1. The lowest BCUT2D eigenvalue weighted by molar-refractivity contribution is 0.139. The summed E-state index contributed by atoms with van der Waals surface area (Å²) in [6.45, 7) is 6.85. The molecular weight excluding hydrogens is 269 g/mol. The van der Waals surface area contributed by atoms with Crippen molar-refractivity contribution < 1.29 is 0 Å². The molecule has 0 radical (unpaired) electrons. The molecular formula is C13H19Cl2N3. The highest BCUT2D eigenvalue weighted by atomic mass is 35.5. The maximum atomic E-state index is 5.97. The lowest BCUT2D eigenvalue weighted by Gasteiger charge is -2.35. The van der Waals surface area contributed by atoms with Crippen molar-refractivity contribution in [1.82, 2.24) is 15.1 Å². The molecule has 1 aliphatic rings. The number of halogens is 2. The Morgan fingerprint density at radius 2 is 2.17 bits per heavy atom. The van der Waals surface area contributed by atoms with Crippen LogP contribution in [0.15, 0.2) is 6.07 Å². The molecule has 5 heteroatoms. The minimum Gasteiger partial charge on any atom is -0.301 e. The maximum absolute atomic E-state index is 5.97. The first-order valence-electron chi connectivity index (χ1n) is 6.48. The Bertz CT molecular complexity index is 409. The van der Waals surface area contributed by atoms with Crippen molar-refractivity contribution in [3.8, 4) is 0 Å². The number of likely N-dealkylation sites (tertiary alicyclic amines) is 1. The molecule has 1 saturated heterocycles. The van der Waals surface area contributed by atoms with Crippen molar-refractivity contribution in [2.24, 2.45) is 5.92 Å². The standard InChI is InChI=1S/C13H19Cl2N3/c1-9(2)18-5-3-4-10(8-18)6-11-7-12(14)13(15)17-16-11/h7,9-10H,3-6,8H2,1-2H3. The highest BCUT2D eigenvalue weighted by molar-refractivity contribution is 6.41. The molecule has 1 aromatic heterocycles. The smallest absolute Gasteiger partial charge is 0.170 e. The van der Waals surface area contributed by atoms with E-state index in [1.165, 1.54) is 19.4 Å². The highest BCUT2D eigenvalue weighted by Gasteiger charge is 2.22. The summed E-state index contributed by atoms with van der Waals surface area (Å²) in [5, 5.41) is 8.77. The molecule has 2 heterocycles. The normalized spacial score (nSPS) is 21.5. The van der Waals surface area contributed by atoms with Gasteiger partial charge in [0.1, 0.15) is 0 Å². The molecule has 0 aromatic carbocycles. The van der Waals surface area contributed by atoms with Crippen molar-refractivity contribution in [2.45, 2.75) is 39.2 Å². The van der Waals surface area contributed by atoms with E-state index in [-0.39, 0.29) is 5.15 Å². The summed E-state index contributed by atoms with van der Waals surface area (Å²) in [5.41, 5.74) is 0.944. The van der Waals surface area contributed by atoms with Gasteiger partial charge < -0.3 is 4.90 Å². The van der Waals surface area contributed by atoms with Crippen LogP contribution in [-0.2, 0) is 6.42 Å². The zero-order valence-electron chi connectivity index (χ0n) is 10.9. The minimum atomic E-state index is 0.285. The SMILES string of the molecule is CC(C)N1CCCC(Cc2cc(Cl)c(Cl)nn2)C1. The van der Waals surface area contributed by atoms with E-state index >= 15 is 0 Å². The summed E-state index contributed by atoms with van der Waals surface area (Å²) in [4.78, 5) is 2.53. The van der Waals surface area contributed by atoms with Gasteiger partial charge in [0, 0.05) is 12.6 Å². The van der Waals surface area contributed by atoms with Gasteiger partial charge in [0.2, 0.25) is 0 Å². The predicted molar refractivity (Wildman–Crippen MR) is 75.2 cm³/mol. The number of nitrogens with zero attached hydrogens (tertiary/aromatic N) is 3. The van der Waals surface area contributed by atoms with E-state index in [2.05, 4.69) is 28.9 Å². The number of aromatic nitrogens is 2. The molecule has 2 rings (SSSR count). The zero-order valence-corrected chi connectivity index (χ0v) is 12.4. The first kappa shape index (κ1) is 14.0. The molecule has 0 amide bonds. The summed E-state index contributed by atoms with van der Waals surface area (Å²) in [7, 11) is 0. The van der Waals surface area contributed by atoms with Crippen LogP contribution in [0.2, 0.25) is 10.2 Å². The minimum absolute atomic E-state index is 0.285. The fraction of sp³-hybridized carbons (Fsp3) is 0.692. The number of hydrogen-bond donors (Lipinski definition) is 0. The van der Waals surface area contributed by atoms with Gasteiger partial charge >= 0.3 is 0 Å². The molecule has 1 unspecified atom stereocenters. The van der Waals surface area contributed by atoms with Gasteiger partial charge in [-0.3, -0.25) is 0 Å². The lowest BCUT2D eigenvalue weighted by atomic mass is 9.92. The monoisotopic (exact) mass is 287 g/mol. The van der Waals surface area contributed by atoms with Gasteiger partial charge in [0.05, 0.1) is 10.7 Å². The number of hydrogen-bond acceptors (Lipinski definition) is 3. The van der Waals surface area contributed by atoms with Gasteiger partial charge in [-0.2, -0.15) is 5.10 Å². The van der Waals surface area contributed by atoms with Gasteiger partial charge in [-0.25, -0.2) is 0 Å². The van der Waals surface area contributed by atoms with E-state index in [9.17, 15) is 0 Å². The Morgan fingerprint density at radius 3 is 2.83 bits per heavy atom. The van der Waals surface area contributed by atoms with E-state index in [0.29, 0.717) is 17.0 Å². The molecule has 0 bridgehead atoms. The quantitative estimate of drug-likeness (QED) is 0.853. The highest BCUT2D eigenvalue weighted by Crippen LogP contribution is 2.24. The Hall–Kier alpha value is -0.380. The Morgan fingerprint density at radius 1 is 1.39 bits per heavy atom. The largest absolute Gasteiger partial charge is 0.301 e. The number of piperidine rings is 1. The van der Waals surface area contributed by atoms with Crippen LogP contribution in [0.5, 0.6) is 0 Å². The van der Waals surface area contributed by atoms with Crippen LogP contribution in [0.3, 0.4) is 0 Å². The Kier molecular flexibility index (Phi) is 4.82. The summed E-state index contributed by atoms with van der Waals surface area (Å²) in [6.07, 6.45) is 3.45. The molecule has 1 atom stereocenters. The molecule has 0 saturated carbocycles. The van der Waals surface area contributed by atoms with Crippen LogP contribution in [0.1, 0.15) is 32.4 Å². The average molecular weight is 288 g/mol. The second-order valence-electron chi connectivity index (χ2n) is 5.28. The fourth-order valence-electron chi connectivity index (χ4n) is 2.52. The molecule has 18 heavy (non-hydrogen) atoms. The molecule has 0 N–H and O–H groups in total. The topological polar surface area (TPSA) is 29.0 Å². The second-order valence-corrected chi connectivity index (χ2v) is 6.04. The lowest BCUT2D eigenvalue weighted by Crippen LogP contribution is -2.40. The third-order valence-electron chi connectivity index (χ3n) is 3.54. The van der Waals surface area contributed by atoms with Gasteiger partial charge in [-0.05, 0) is 51.6 Å². The third-order valence-corrected chi connectivity index (χ3v) is 4.20. The van der Waals surface area contributed by atoms with Gasteiger partial charge in [-0.1, -0.05) is 23.2 Å². The van der Waals surface area contributed by atoms with E-state index in [1.807, 2.05) is 6.07 Å². The Labute approximate surface area is 118 Å². The van der Waals surface area contributed by atoms with Crippen molar-refractivity contribution in [2.75, 3.05) is 13.1 Å². The average Bonchev–Trinajstić information content (AvgIpc) is 2.34. The van der Waals surface area contributed by atoms with Crippen molar-refractivity contribution in [3.05, 3.63) is 21.9 Å². The fourth-order valence-corrected chi connectivity index (χ4v) is 2.78. The van der Waals surface area contributed by atoms with Crippen LogP contribution < -0.4 is 0 Å². The number of rotatable bonds is 3. The van der Waals surface area contributed by atoms with Gasteiger partial charge in [0.15, 0.2) is 5.15 Å². The van der Waals surface area contributed by atoms with Gasteiger partial charge in [0.25, 0.3) is 0 Å². The molecule has 0 aliphatic carbocycles. The third kappa shape index (κ3) is 3.56. The molecule has 3 nitrogen and oxygen atoms in total. The van der Waals surface area contributed by atoms with E-state index < -0.39 is 0 Å². The summed E-state index contributed by atoms with van der Waals surface area (Å²) in [6, 6.07) is 2.46. The summed E-state index contributed by atoms with van der Waals surface area (Å²) >= 11 is 11.7. The van der Waals surface area contributed by atoms with Crippen LogP contribution in [0, 0.1) is 5.92 Å². The van der Waals surface area contributed by atoms with Crippen molar-refractivity contribution >= 4 is 23.2 Å². The molecule has 1 aromatic rings. The molecule has 1 fully saturated rings. The molecule has 0 spiro atoms. The van der Waals surface area contributed by atoms with Crippen LogP contribution in [-0.4, -0.2) is 34.2 Å². The van der Waals surface area contributed by atoms with Crippen LogP contribution >= 0.6 is 23.2 Å². The van der Waals surface area contributed by atoms with E-state index in [4.69, 9.17) is 23.2 Å².